The van der Waals surface area contributed by atoms with Gasteiger partial charge in [-0.25, -0.2) is 0 Å². The smallest absolute Gasteiger partial charge is 0.387 e. The monoisotopic (exact) mass is 354 g/mol. The molecular weight excluding hydrogens is 337 g/mol. The summed E-state index contributed by atoms with van der Waals surface area (Å²) < 4.78 is 29.1. The number of carbonyl (C=O) groups excluding carboxylic acids is 1. The van der Waals surface area contributed by atoms with Crippen LogP contribution in [0.3, 0.4) is 0 Å². The Bertz CT molecular complexity index is 498. The van der Waals surface area contributed by atoms with Crippen molar-refractivity contribution in [3.05, 3.63) is 28.8 Å². The van der Waals surface area contributed by atoms with Crippen LogP contribution in [0.25, 0.3) is 0 Å². The fourth-order valence-corrected chi connectivity index (χ4v) is 2.47. The summed E-state index contributed by atoms with van der Waals surface area (Å²) in [6.07, 6.45) is 2.84. The highest BCUT2D eigenvalue weighted by Gasteiger charge is 2.20. The van der Waals surface area contributed by atoms with Gasteiger partial charge in [-0.05, 0) is 37.6 Å². The highest BCUT2D eigenvalue weighted by atomic mass is 35.5. The van der Waals surface area contributed by atoms with E-state index in [0.717, 1.165) is 25.8 Å². The minimum Gasteiger partial charge on any atom is -0.434 e. The van der Waals surface area contributed by atoms with Crippen molar-refractivity contribution in [2.75, 3.05) is 6.54 Å². The molecular formula is C14H18Cl2F2N2O2. The molecule has 0 bridgehead atoms. The van der Waals surface area contributed by atoms with Gasteiger partial charge in [0.25, 0.3) is 0 Å². The molecule has 0 saturated carbocycles. The molecule has 1 amide bonds. The van der Waals surface area contributed by atoms with Gasteiger partial charge in [0.1, 0.15) is 5.75 Å². The van der Waals surface area contributed by atoms with E-state index in [0.29, 0.717) is 10.6 Å². The molecule has 0 aromatic heterocycles. The lowest BCUT2D eigenvalue weighted by Crippen LogP contribution is -2.46. The maximum Gasteiger partial charge on any atom is 0.387 e. The zero-order chi connectivity index (χ0) is 15.2. The van der Waals surface area contributed by atoms with Gasteiger partial charge in [-0.1, -0.05) is 18.0 Å². The predicted molar refractivity (Wildman–Crippen MR) is 82.8 cm³/mol. The van der Waals surface area contributed by atoms with Gasteiger partial charge in [0.15, 0.2) is 0 Å². The van der Waals surface area contributed by atoms with E-state index in [-0.39, 0.29) is 36.7 Å². The molecule has 2 N–H and O–H groups in total. The minimum absolute atomic E-state index is 0. The molecule has 1 aromatic rings. The fraction of sp³-hybridized carbons (Fsp3) is 0.500. The van der Waals surface area contributed by atoms with Crippen LogP contribution in [0.1, 0.15) is 24.8 Å². The van der Waals surface area contributed by atoms with Gasteiger partial charge in [0.05, 0.1) is 6.04 Å². The topological polar surface area (TPSA) is 50.4 Å². The summed E-state index contributed by atoms with van der Waals surface area (Å²) in [5, 5.41) is 6.25. The Balaban J connectivity index is 0.00000242. The molecule has 1 unspecified atom stereocenters. The normalized spacial score (nSPS) is 17.7. The van der Waals surface area contributed by atoms with E-state index in [1.165, 1.54) is 18.2 Å². The first kappa shape index (κ1) is 18.9. The molecule has 8 heteroatoms. The van der Waals surface area contributed by atoms with Crippen molar-refractivity contribution >= 4 is 29.9 Å². The van der Waals surface area contributed by atoms with Crippen molar-refractivity contribution in [2.24, 2.45) is 0 Å². The SMILES string of the molecule is Cl.O=C(NCc1cc(Cl)ccc1OC(F)F)C1CCCCN1. The molecule has 0 spiro atoms. The maximum absolute atomic E-state index is 12.3. The van der Waals surface area contributed by atoms with Gasteiger partial charge in [0.2, 0.25) is 5.91 Å². The Morgan fingerprint density at radius 3 is 2.86 bits per heavy atom. The number of nitrogens with one attached hydrogen (secondary N) is 2. The number of carbonyl (C=O) groups is 1. The second-order valence-electron chi connectivity index (χ2n) is 4.85. The van der Waals surface area contributed by atoms with Crippen molar-refractivity contribution in [1.29, 1.82) is 0 Å². The predicted octanol–water partition coefficient (Wildman–Crippen LogP) is 3.12. The molecule has 1 atom stereocenters. The van der Waals surface area contributed by atoms with E-state index in [1.54, 1.807) is 0 Å². The third-order valence-electron chi connectivity index (χ3n) is 3.32. The molecule has 1 saturated heterocycles. The molecule has 124 valence electrons. The Labute approximate surface area is 139 Å². The van der Waals surface area contributed by atoms with Crippen LogP contribution in [-0.2, 0) is 11.3 Å². The average molecular weight is 355 g/mol. The Morgan fingerprint density at radius 1 is 1.45 bits per heavy atom. The lowest BCUT2D eigenvalue weighted by Gasteiger charge is -2.22. The largest absolute Gasteiger partial charge is 0.434 e. The highest BCUT2D eigenvalue weighted by Crippen LogP contribution is 2.24. The van der Waals surface area contributed by atoms with Gasteiger partial charge in [-0.2, -0.15) is 8.78 Å². The van der Waals surface area contributed by atoms with Gasteiger partial charge in [-0.15, -0.1) is 12.4 Å². The molecule has 0 aliphatic carbocycles. The number of piperidine rings is 1. The first-order chi connectivity index (χ1) is 10.1. The van der Waals surface area contributed by atoms with Crippen molar-refractivity contribution in [2.45, 2.75) is 38.5 Å². The summed E-state index contributed by atoms with van der Waals surface area (Å²) in [7, 11) is 0. The second-order valence-corrected chi connectivity index (χ2v) is 5.29. The number of hydrogen-bond donors (Lipinski definition) is 2. The van der Waals surface area contributed by atoms with Gasteiger partial charge < -0.3 is 15.4 Å². The van der Waals surface area contributed by atoms with Crippen LogP contribution in [0.15, 0.2) is 18.2 Å². The van der Waals surface area contributed by atoms with E-state index >= 15 is 0 Å². The summed E-state index contributed by atoms with van der Waals surface area (Å²) in [5.41, 5.74) is 0.423. The summed E-state index contributed by atoms with van der Waals surface area (Å²) in [5.74, 6) is -0.121. The zero-order valence-corrected chi connectivity index (χ0v) is 13.4. The average Bonchev–Trinajstić information content (AvgIpc) is 2.47. The van der Waals surface area contributed by atoms with Crippen molar-refractivity contribution in [3.63, 3.8) is 0 Å². The first-order valence-corrected chi connectivity index (χ1v) is 7.18. The molecule has 1 aromatic carbocycles. The maximum atomic E-state index is 12.3. The van der Waals surface area contributed by atoms with E-state index in [4.69, 9.17) is 11.6 Å². The molecule has 1 aliphatic heterocycles. The van der Waals surface area contributed by atoms with E-state index in [1.807, 2.05) is 0 Å². The van der Waals surface area contributed by atoms with Crippen LogP contribution in [0.5, 0.6) is 5.75 Å². The van der Waals surface area contributed by atoms with Gasteiger partial charge in [-0.3, -0.25) is 4.79 Å². The zero-order valence-electron chi connectivity index (χ0n) is 11.8. The van der Waals surface area contributed by atoms with Crippen molar-refractivity contribution in [1.82, 2.24) is 10.6 Å². The van der Waals surface area contributed by atoms with Crippen LogP contribution < -0.4 is 15.4 Å². The number of amides is 1. The van der Waals surface area contributed by atoms with E-state index < -0.39 is 6.61 Å². The fourth-order valence-electron chi connectivity index (χ4n) is 2.28. The molecule has 2 rings (SSSR count). The Morgan fingerprint density at radius 2 is 2.23 bits per heavy atom. The molecule has 1 fully saturated rings. The van der Waals surface area contributed by atoms with Crippen LogP contribution in [-0.4, -0.2) is 25.1 Å². The van der Waals surface area contributed by atoms with Crippen molar-refractivity contribution in [3.8, 4) is 5.75 Å². The van der Waals surface area contributed by atoms with Crippen LogP contribution in [0.2, 0.25) is 5.02 Å². The summed E-state index contributed by atoms with van der Waals surface area (Å²) >= 11 is 5.85. The first-order valence-electron chi connectivity index (χ1n) is 6.80. The number of benzene rings is 1. The third kappa shape index (κ3) is 5.59. The van der Waals surface area contributed by atoms with Crippen LogP contribution in [0, 0.1) is 0 Å². The number of hydrogen-bond acceptors (Lipinski definition) is 3. The molecule has 1 aliphatic rings. The van der Waals surface area contributed by atoms with Gasteiger partial charge in [0, 0.05) is 17.1 Å². The summed E-state index contributed by atoms with van der Waals surface area (Å²) in [4.78, 5) is 12.0. The number of alkyl halides is 2. The summed E-state index contributed by atoms with van der Waals surface area (Å²) in [6.45, 7) is -2.00. The highest BCUT2D eigenvalue weighted by molar-refractivity contribution is 6.30. The number of rotatable bonds is 5. The van der Waals surface area contributed by atoms with E-state index in [2.05, 4.69) is 15.4 Å². The second kappa shape index (κ2) is 9.12. The lowest BCUT2D eigenvalue weighted by molar-refractivity contribution is -0.123. The molecule has 22 heavy (non-hydrogen) atoms. The molecule has 0 radical (unpaired) electrons. The third-order valence-corrected chi connectivity index (χ3v) is 3.55. The van der Waals surface area contributed by atoms with Crippen LogP contribution in [0.4, 0.5) is 8.78 Å². The Kier molecular flexibility index (Phi) is 7.85. The molecule has 1 heterocycles. The minimum atomic E-state index is -2.92. The van der Waals surface area contributed by atoms with Crippen LogP contribution >= 0.6 is 24.0 Å². The van der Waals surface area contributed by atoms with Gasteiger partial charge >= 0.3 is 6.61 Å². The standard InChI is InChI=1S/C14H17ClF2N2O2.ClH/c15-10-4-5-12(21-14(16)17)9(7-10)8-19-13(20)11-3-1-2-6-18-11;/h4-5,7,11,14,18H,1-3,6,8H2,(H,19,20);1H. The Hall–Kier alpha value is -1.11. The summed E-state index contributed by atoms with van der Waals surface area (Å²) in [6, 6.07) is 4.12. The quantitative estimate of drug-likeness (QED) is 0.853. The number of ether oxygens (including phenoxy) is 1. The number of halogens is 4. The lowest BCUT2D eigenvalue weighted by atomic mass is 10.0. The van der Waals surface area contributed by atoms with E-state index in [9.17, 15) is 13.6 Å². The molecule has 4 nitrogen and oxygen atoms in total. The van der Waals surface area contributed by atoms with Crippen molar-refractivity contribution < 1.29 is 18.3 Å².